The molecule has 4 rings (SSSR count). The van der Waals surface area contributed by atoms with Crippen LogP contribution >= 0.6 is 11.6 Å². The van der Waals surface area contributed by atoms with Gasteiger partial charge in [0.15, 0.2) is 0 Å². The Hall–Kier alpha value is -2.08. The van der Waals surface area contributed by atoms with Crippen molar-refractivity contribution in [3.8, 4) is 5.75 Å². The lowest BCUT2D eigenvalue weighted by Gasteiger charge is -2.32. The molecule has 6 heteroatoms. The lowest BCUT2D eigenvalue weighted by Crippen LogP contribution is -2.50. The van der Waals surface area contributed by atoms with Crippen LogP contribution < -0.4 is 15.6 Å². The fraction of sp³-hybridized carbons (Fsp3) is 0.409. The summed E-state index contributed by atoms with van der Waals surface area (Å²) in [7, 11) is 1.69. The molecule has 148 valence electrons. The number of nitrogens with one attached hydrogen (secondary N) is 2. The molecule has 0 bridgehead atoms. The number of hydrazine groups is 1. The van der Waals surface area contributed by atoms with Gasteiger partial charge in [-0.1, -0.05) is 35.9 Å². The first-order valence-electron chi connectivity index (χ1n) is 9.82. The average Bonchev–Trinajstić information content (AvgIpc) is 3.38. The van der Waals surface area contributed by atoms with Gasteiger partial charge in [-0.05, 0) is 48.2 Å². The van der Waals surface area contributed by atoms with Crippen LogP contribution in [0.4, 0.5) is 0 Å². The Morgan fingerprint density at radius 3 is 2.86 bits per heavy atom. The molecule has 2 aliphatic heterocycles. The number of ether oxygens (including phenoxy) is 1. The zero-order valence-corrected chi connectivity index (χ0v) is 16.8. The lowest BCUT2D eigenvalue weighted by molar-refractivity contribution is -0.131. The van der Waals surface area contributed by atoms with Crippen molar-refractivity contribution in [2.75, 3.05) is 20.2 Å². The van der Waals surface area contributed by atoms with E-state index in [0.29, 0.717) is 17.4 Å². The first kappa shape index (κ1) is 19.2. The number of hydrogen-bond donors (Lipinski definition) is 2. The van der Waals surface area contributed by atoms with Gasteiger partial charge in [-0.15, -0.1) is 0 Å². The third kappa shape index (κ3) is 4.02. The quantitative estimate of drug-likeness (QED) is 0.811. The van der Waals surface area contributed by atoms with E-state index in [4.69, 9.17) is 16.3 Å². The van der Waals surface area contributed by atoms with Crippen molar-refractivity contribution in [2.24, 2.45) is 0 Å². The molecule has 3 atom stereocenters. The summed E-state index contributed by atoms with van der Waals surface area (Å²) in [5, 5.41) is 0.692. The molecule has 0 saturated carbocycles. The van der Waals surface area contributed by atoms with Crippen molar-refractivity contribution in [3.63, 3.8) is 0 Å². The van der Waals surface area contributed by atoms with Gasteiger partial charge in [-0.2, -0.15) is 0 Å². The molecule has 2 heterocycles. The van der Waals surface area contributed by atoms with Gasteiger partial charge < -0.3 is 9.64 Å². The maximum absolute atomic E-state index is 13.0. The molecular weight excluding hydrogens is 374 g/mol. The van der Waals surface area contributed by atoms with Crippen LogP contribution in [0.25, 0.3) is 0 Å². The summed E-state index contributed by atoms with van der Waals surface area (Å²) in [5.74, 6) is 1.34. The minimum atomic E-state index is 0.183. The van der Waals surface area contributed by atoms with Crippen molar-refractivity contribution in [1.82, 2.24) is 15.8 Å². The van der Waals surface area contributed by atoms with Crippen molar-refractivity contribution in [2.45, 2.75) is 37.3 Å². The Morgan fingerprint density at radius 2 is 2.07 bits per heavy atom. The van der Waals surface area contributed by atoms with Gasteiger partial charge in [0.2, 0.25) is 5.91 Å². The second-order valence-corrected chi connectivity index (χ2v) is 7.97. The van der Waals surface area contributed by atoms with Gasteiger partial charge >= 0.3 is 0 Å². The first-order valence-corrected chi connectivity index (χ1v) is 10.2. The maximum atomic E-state index is 13.0. The monoisotopic (exact) mass is 399 g/mol. The number of hydrogen-bond acceptors (Lipinski definition) is 4. The number of nitrogens with zero attached hydrogens (tertiary/aromatic N) is 1. The van der Waals surface area contributed by atoms with Gasteiger partial charge in [-0.3, -0.25) is 15.6 Å². The van der Waals surface area contributed by atoms with Gasteiger partial charge in [0.1, 0.15) is 5.75 Å². The highest BCUT2D eigenvalue weighted by atomic mass is 35.5. The van der Waals surface area contributed by atoms with Crippen molar-refractivity contribution in [3.05, 3.63) is 64.7 Å². The molecule has 2 fully saturated rings. The molecule has 0 radical (unpaired) electrons. The van der Waals surface area contributed by atoms with Crippen molar-refractivity contribution >= 4 is 17.5 Å². The van der Waals surface area contributed by atoms with Crippen LogP contribution in [0.1, 0.15) is 29.9 Å². The minimum absolute atomic E-state index is 0.183. The summed E-state index contributed by atoms with van der Waals surface area (Å²) < 4.78 is 5.39. The number of methoxy groups -OCH3 is 1. The predicted octanol–water partition coefficient (Wildman–Crippen LogP) is 3.14. The highest BCUT2D eigenvalue weighted by Gasteiger charge is 2.41. The summed E-state index contributed by atoms with van der Waals surface area (Å²) in [5.41, 5.74) is 8.98. The number of halogens is 1. The van der Waals surface area contributed by atoms with Crippen LogP contribution in [0.15, 0.2) is 48.5 Å². The van der Waals surface area contributed by atoms with E-state index in [0.717, 1.165) is 37.2 Å². The van der Waals surface area contributed by atoms with E-state index >= 15 is 0 Å². The summed E-state index contributed by atoms with van der Waals surface area (Å²) in [6.45, 7) is 1.66. The molecule has 2 aromatic rings. The van der Waals surface area contributed by atoms with Gasteiger partial charge in [0, 0.05) is 36.1 Å². The predicted molar refractivity (Wildman–Crippen MR) is 111 cm³/mol. The Labute approximate surface area is 171 Å². The van der Waals surface area contributed by atoms with E-state index in [-0.39, 0.29) is 18.0 Å². The third-order valence-corrected chi connectivity index (χ3v) is 6.10. The fourth-order valence-electron chi connectivity index (χ4n) is 4.43. The highest BCUT2D eigenvalue weighted by molar-refractivity contribution is 6.30. The van der Waals surface area contributed by atoms with E-state index in [9.17, 15) is 4.79 Å². The second kappa shape index (κ2) is 8.52. The highest BCUT2D eigenvalue weighted by Crippen LogP contribution is 2.33. The van der Waals surface area contributed by atoms with Crippen LogP contribution in [0.3, 0.4) is 0 Å². The Kier molecular flexibility index (Phi) is 5.85. The Morgan fingerprint density at radius 1 is 1.25 bits per heavy atom. The minimum Gasteiger partial charge on any atom is -0.497 e. The molecule has 5 nitrogen and oxygen atoms in total. The molecule has 2 aromatic carbocycles. The molecule has 0 aliphatic carbocycles. The van der Waals surface area contributed by atoms with Crippen LogP contribution in [-0.2, 0) is 11.2 Å². The van der Waals surface area contributed by atoms with Crippen molar-refractivity contribution in [1.29, 1.82) is 0 Å². The standard InChI is InChI=1S/C22H26ClN3O2/c1-28-18-5-2-4-16(13-18)19-14-24-25-22(19)20-6-3-11-26(20)21(27)12-15-7-9-17(23)10-8-15/h2,4-5,7-10,13,19-20,22,24-25H,3,6,11-12,14H2,1H3. The average molecular weight is 400 g/mol. The van der Waals surface area contributed by atoms with Crippen LogP contribution in [0.5, 0.6) is 5.75 Å². The van der Waals surface area contributed by atoms with Crippen LogP contribution in [0.2, 0.25) is 5.02 Å². The largest absolute Gasteiger partial charge is 0.497 e. The van der Waals surface area contributed by atoms with Gasteiger partial charge in [-0.25, -0.2) is 0 Å². The lowest BCUT2D eigenvalue weighted by atomic mass is 9.87. The number of likely N-dealkylation sites (tertiary alicyclic amines) is 1. The van der Waals surface area contributed by atoms with Gasteiger partial charge in [0.05, 0.1) is 13.5 Å². The van der Waals surface area contributed by atoms with Crippen molar-refractivity contribution < 1.29 is 9.53 Å². The number of rotatable bonds is 5. The van der Waals surface area contributed by atoms with Gasteiger partial charge in [0.25, 0.3) is 0 Å². The Balaban J connectivity index is 1.50. The number of amides is 1. The molecule has 28 heavy (non-hydrogen) atoms. The molecular formula is C22H26ClN3O2. The first-order chi connectivity index (χ1) is 13.7. The van der Waals surface area contributed by atoms with E-state index in [1.807, 2.05) is 36.4 Å². The fourth-order valence-corrected chi connectivity index (χ4v) is 4.56. The molecule has 3 unspecified atom stereocenters. The topological polar surface area (TPSA) is 53.6 Å². The summed E-state index contributed by atoms with van der Waals surface area (Å²) in [6, 6.07) is 16.1. The zero-order valence-electron chi connectivity index (χ0n) is 16.0. The Bertz CT molecular complexity index is 827. The molecule has 1 amide bonds. The normalized spacial score (nSPS) is 24.5. The summed E-state index contributed by atoms with van der Waals surface area (Å²) in [4.78, 5) is 15.1. The smallest absolute Gasteiger partial charge is 0.227 e. The molecule has 0 spiro atoms. The number of carbonyl (C=O) groups is 1. The van der Waals surface area contributed by atoms with E-state index in [1.54, 1.807) is 7.11 Å². The number of carbonyl (C=O) groups excluding carboxylic acids is 1. The van der Waals surface area contributed by atoms with E-state index in [1.165, 1.54) is 5.56 Å². The second-order valence-electron chi connectivity index (χ2n) is 7.53. The zero-order chi connectivity index (χ0) is 19.5. The van der Waals surface area contributed by atoms with E-state index < -0.39 is 0 Å². The van der Waals surface area contributed by atoms with Crippen LogP contribution in [-0.4, -0.2) is 43.1 Å². The molecule has 2 saturated heterocycles. The third-order valence-electron chi connectivity index (χ3n) is 5.85. The maximum Gasteiger partial charge on any atom is 0.227 e. The molecule has 2 aliphatic rings. The molecule has 0 aromatic heterocycles. The van der Waals surface area contributed by atoms with E-state index in [2.05, 4.69) is 27.9 Å². The number of benzene rings is 2. The van der Waals surface area contributed by atoms with Crippen LogP contribution in [0, 0.1) is 0 Å². The SMILES string of the molecule is COc1cccc(C2CNNC2C2CCCN2C(=O)Cc2ccc(Cl)cc2)c1. The summed E-state index contributed by atoms with van der Waals surface area (Å²) >= 11 is 5.96. The summed E-state index contributed by atoms with van der Waals surface area (Å²) in [6.07, 6.45) is 2.48. The molecule has 2 N–H and O–H groups in total.